The van der Waals surface area contributed by atoms with E-state index in [2.05, 4.69) is 10.2 Å². The fraction of sp³-hybridized carbons (Fsp3) is 0.348. The Morgan fingerprint density at radius 1 is 1.08 bits per heavy atom. The van der Waals surface area contributed by atoms with Crippen LogP contribution in [0.1, 0.15) is 53.9 Å². The van der Waals surface area contributed by atoms with Gasteiger partial charge in [0.25, 0.3) is 0 Å². The number of benzene rings is 2. The third kappa shape index (κ3) is 5.10. The number of ether oxygens (including phenoxy) is 3. The lowest BCUT2D eigenvalue weighted by Gasteiger charge is -2.25. The zero-order chi connectivity index (χ0) is 27.1. The molecule has 0 spiro atoms. The topological polar surface area (TPSA) is 75.5 Å². The molecule has 3 aromatic rings. The first-order valence-corrected chi connectivity index (χ1v) is 11.1. The van der Waals surface area contributed by atoms with Gasteiger partial charge in [-0.2, -0.15) is 26.3 Å². The number of alkyl halides is 6. The summed E-state index contributed by atoms with van der Waals surface area (Å²) in [5.41, 5.74) is -1.45. The number of aromatic nitrogens is 3. The number of methoxy groups -OCH3 is 1. The van der Waals surface area contributed by atoms with Crippen LogP contribution in [0.4, 0.5) is 26.3 Å². The minimum absolute atomic E-state index is 0.0211. The highest BCUT2D eigenvalue weighted by atomic mass is 35.5. The minimum atomic E-state index is -4.97. The molecule has 0 amide bonds. The fourth-order valence-corrected chi connectivity index (χ4v) is 4.31. The van der Waals surface area contributed by atoms with Crippen LogP contribution in [-0.4, -0.2) is 34.5 Å². The number of carbonyl (C=O) groups excluding carboxylic acids is 1. The second kappa shape index (κ2) is 9.86. The SMILES string of the molecule is CCOC(=O)C[C@@H]1O[C@@H](c2cccc(C(F)(F)F)c2OC)c2cc(Cl)ccc2-n2c1nnc2C(F)(F)F. The molecule has 0 unspecified atom stereocenters. The number of halogens is 7. The molecular formula is C23H18ClF6N3O4. The molecule has 0 saturated heterocycles. The molecule has 0 bridgehead atoms. The molecular weight excluding hydrogens is 532 g/mol. The van der Waals surface area contributed by atoms with Crippen LogP contribution >= 0.6 is 11.6 Å². The normalized spacial score (nSPS) is 17.5. The van der Waals surface area contributed by atoms with Crippen molar-refractivity contribution in [1.82, 2.24) is 14.8 Å². The lowest BCUT2D eigenvalue weighted by Crippen LogP contribution is -2.19. The molecule has 2 heterocycles. The molecule has 2 aromatic carbocycles. The van der Waals surface area contributed by atoms with Crippen molar-refractivity contribution in [1.29, 1.82) is 0 Å². The Morgan fingerprint density at radius 3 is 2.43 bits per heavy atom. The molecule has 1 aromatic heterocycles. The van der Waals surface area contributed by atoms with Crippen molar-refractivity contribution < 1.29 is 45.3 Å². The zero-order valence-electron chi connectivity index (χ0n) is 19.2. The molecule has 0 fully saturated rings. The van der Waals surface area contributed by atoms with Crippen LogP contribution in [0.5, 0.6) is 5.75 Å². The molecule has 2 atom stereocenters. The van der Waals surface area contributed by atoms with Gasteiger partial charge in [-0.05, 0) is 31.2 Å². The maximum absolute atomic E-state index is 13.9. The van der Waals surface area contributed by atoms with Crippen LogP contribution in [0.25, 0.3) is 5.69 Å². The van der Waals surface area contributed by atoms with Crippen LogP contribution in [0.15, 0.2) is 36.4 Å². The van der Waals surface area contributed by atoms with E-state index >= 15 is 0 Å². The summed E-state index contributed by atoms with van der Waals surface area (Å²) in [7, 11) is 1.02. The number of para-hydroxylation sites is 1. The van der Waals surface area contributed by atoms with Crippen molar-refractivity contribution in [3.63, 3.8) is 0 Å². The maximum atomic E-state index is 13.9. The van der Waals surface area contributed by atoms with Crippen molar-refractivity contribution in [3.8, 4) is 11.4 Å². The van der Waals surface area contributed by atoms with Gasteiger partial charge in [-0.25, -0.2) is 0 Å². The van der Waals surface area contributed by atoms with Crippen LogP contribution in [0.3, 0.4) is 0 Å². The van der Waals surface area contributed by atoms with E-state index in [4.69, 9.17) is 25.8 Å². The molecule has 198 valence electrons. The Kier molecular flexibility index (Phi) is 7.12. The van der Waals surface area contributed by atoms with Crippen molar-refractivity contribution in [2.24, 2.45) is 0 Å². The number of rotatable bonds is 5. The first-order chi connectivity index (χ1) is 17.4. The van der Waals surface area contributed by atoms with Gasteiger partial charge in [-0.3, -0.25) is 9.36 Å². The first kappa shape index (κ1) is 26.7. The zero-order valence-corrected chi connectivity index (χ0v) is 19.9. The predicted octanol–water partition coefficient (Wildman–Crippen LogP) is 6.08. The summed E-state index contributed by atoms with van der Waals surface area (Å²) in [5.74, 6) is -3.23. The van der Waals surface area contributed by atoms with Crippen LogP contribution < -0.4 is 4.74 Å². The van der Waals surface area contributed by atoms with Gasteiger partial charge in [0.05, 0.1) is 31.4 Å². The number of fused-ring (bicyclic) bond motifs is 3. The third-order valence-electron chi connectivity index (χ3n) is 5.54. The predicted molar refractivity (Wildman–Crippen MR) is 116 cm³/mol. The van der Waals surface area contributed by atoms with Gasteiger partial charge in [0.15, 0.2) is 5.82 Å². The molecule has 37 heavy (non-hydrogen) atoms. The van der Waals surface area contributed by atoms with Crippen LogP contribution in [0, 0.1) is 0 Å². The van der Waals surface area contributed by atoms with Gasteiger partial charge in [0.2, 0.25) is 5.82 Å². The standard InChI is InChI=1S/C23H18ClF6N3O4/c1-3-36-17(34)10-16-20-31-32-21(23(28,29)30)33(20)15-8-7-11(24)9-13(15)18(37-16)12-5-4-6-14(19(12)35-2)22(25,26)27/h4-9,16,18H,3,10H2,1-2H3/t16-,18-/m0/s1. The summed E-state index contributed by atoms with van der Waals surface area (Å²) < 4.78 is 99.8. The summed E-state index contributed by atoms with van der Waals surface area (Å²) in [6.07, 6.45) is -13.3. The quantitative estimate of drug-likeness (QED) is 0.284. The summed E-state index contributed by atoms with van der Waals surface area (Å²) >= 11 is 6.15. The molecule has 0 aliphatic carbocycles. The first-order valence-electron chi connectivity index (χ1n) is 10.7. The van der Waals surface area contributed by atoms with Gasteiger partial charge in [-0.1, -0.05) is 23.7 Å². The molecule has 14 heteroatoms. The number of hydrogen-bond donors (Lipinski definition) is 0. The molecule has 1 aliphatic rings. The van der Waals surface area contributed by atoms with Crippen molar-refractivity contribution in [3.05, 3.63) is 69.8 Å². The maximum Gasteiger partial charge on any atom is 0.452 e. The number of carbonyl (C=O) groups is 1. The Bertz CT molecular complexity index is 1320. The smallest absolute Gasteiger partial charge is 0.452 e. The Balaban J connectivity index is 2.02. The summed E-state index contributed by atoms with van der Waals surface area (Å²) in [4.78, 5) is 12.3. The summed E-state index contributed by atoms with van der Waals surface area (Å²) in [5, 5.41) is 6.98. The minimum Gasteiger partial charge on any atom is -0.496 e. The Morgan fingerprint density at radius 2 is 1.81 bits per heavy atom. The van der Waals surface area contributed by atoms with E-state index in [9.17, 15) is 31.1 Å². The molecule has 1 aliphatic heterocycles. The number of nitrogens with zero attached hydrogens (tertiary/aromatic N) is 3. The van der Waals surface area contributed by atoms with Gasteiger partial charge in [-0.15, -0.1) is 10.2 Å². The molecule has 0 radical (unpaired) electrons. The molecule has 7 nitrogen and oxygen atoms in total. The van der Waals surface area contributed by atoms with E-state index < -0.39 is 59.9 Å². The molecule has 4 rings (SSSR count). The average Bonchev–Trinajstić information content (AvgIpc) is 3.22. The van der Waals surface area contributed by atoms with Crippen LogP contribution in [-0.2, 0) is 26.6 Å². The van der Waals surface area contributed by atoms with E-state index in [1.54, 1.807) is 0 Å². The summed E-state index contributed by atoms with van der Waals surface area (Å²) in [6, 6.07) is 6.99. The van der Waals surface area contributed by atoms with Gasteiger partial charge < -0.3 is 14.2 Å². The van der Waals surface area contributed by atoms with E-state index in [1.807, 2.05) is 0 Å². The van der Waals surface area contributed by atoms with E-state index in [-0.39, 0.29) is 28.4 Å². The van der Waals surface area contributed by atoms with Crippen molar-refractivity contribution in [2.75, 3.05) is 13.7 Å². The largest absolute Gasteiger partial charge is 0.496 e. The van der Waals surface area contributed by atoms with E-state index in [1.165, 1.54) is 31.2 Å². The van der Waals surface area contributed by atoms with Crippen molar-refractivity contribution >= 4 is 17.6 Å². The highest BCUT2D eigenvalue weighted by Gasteiger charge is 2.44. The van der Waals surface area contributed by atoms with Gasteiger partial charge >= 0.3 is 18.3 Å². The molecule has 0 saturated carbocycles. The lowest BCUT2D eigenvalue weighted by atomic mass is 9.96. The Labute approximate surface area is 210 Å². The highest BCUT2D eigenvalue weighted by Crippen LogP contribution is 2.48. The third-order valence-corrected chi connectivity index (χ3v) is 5.77. The number of esters is 1. The monoisotopic (exact) mass is 549 g/mol. The van der Waals surface area contributed by atoms with Gasteiger partial charge in [0.1, 0.15) is 18.0 Å². The average molecular weight is 550 g/mol. The Hall–Kier alpha value is -3.32. The van der Waals surface area contributed by atoms with E-state index in [0.29, 0.717) is 4.57 Å². The number of hydrogen-bond acceptors (Lipinski definition) is 6. The fourth-order valence-electron chi connectivity index (χ4n) is 4.13. The lowest BCUT2D eigenvalue weighted by molar-refractivity contribution is -0.147. The second-order valence-corrected chi connectivity index (χ2v) is 8.29. The van der Waals surface area contributed by atoms with Crippen LogP contribution in [0.2, 0.25) is 5.02 Å². The highest BCUT2D eigenvalue weighted by molar-refractivity contribution is 6.30. The van der Waals surface area contributed by atoms with E-state index in [0.717, 1.165) is 19.2 Å². The van der Waals surface area contributed by atoms with Crippen molar-refractivity contribution in [2.45, 2.75) is 37.9 Å². The van der Waals surface area contributed by atoms with Gasteiger partial charge in [0, 0.05) is 16.1 Å². The summed E-state index contributed by atoms with van der Waals surface area (Å²) in [6.45, 7) is 1.51. The second-order valence-electron chi connectivity index (χ2n) is 7.86. The molecule has 0 N–H and O–H groups in total.